The number of hydrogen-bond donors (Lipinski definition) is 1. The summed E-state index contributed by atoms with van der Waals surface area (Å²) in [7, 11) is 1.59. The molecule has 34 heavy (non-hydrogen) atoms. The van der Waals surface area contributed by atoms with Crippen LogP contribution in [0.15, 0.2) is 42.5 Å². The molecule has 0 radical (unpaired) electrons. The van der Waals surface area contributed by atoms with E-state index < -0.39 is 17.7 Å². The molecule has 0 bridgehead atoms. The summed E-state index contributed by atoms with van der Waals surface area (Å²) in [6.45, 7) is 3.46. The first kappa shape index (κ1) is 24.5. The lowest BCUT2D eigenvalue weighted by atomic mass is 9.82. The Balaban J connectivity index is 1.56. The molecular formula is C25H29F4N3O2. The van der Waals surface area contributed by atoms with Crippen molar-refractivity contribution >= 4 is 11.6 Å². The summed E-state index contributed by atoms with van der Waals surface area (Å²) in [4.78, 5) is 17.4. The van der Waals surface area contributed by atoms with E-state index in [-0.39, 0.29) is 24.2 Å². The van der Waals surface area contributed by atoms with Crippen LogP contribution < -0.4 is 10.2 Å². The van der Waals surface area contributed by atoms with Gasteiger partial charge in [0.1, 0.15) is 5.82 Å². The maximum Gasteiger partial charge on any atom is 0.416 e. The normalized spacial score (nSPS) is 20.6. The van der Waals surface area contributed by atoms with Crippen molar-refractivity contribution in [2.24, 2.45) is 5.92 Å². The Kier molecular flexibility index (Phi) is 7.42. The van der Waals surface area contributed by atoms with Gasteiger partial charge in [0.15, 0.2) is 0 Å². The van der Waals surface area contributed by atoms with E-state index in [0.717, 1.165) is 17.3 Å². The highest BCUT2D eigenvalue weighted by Gasteiger charge is 2.42. The number of piperazine rings is 1. The maximum atomic E-state index is 13.3. The van der Waals surface area contributed by atoms with E-state index in [4.69, 9.17) is 4.74 Å². The molecule has 1 N–H and O–H groups in total. The predicted octanol–water partition coefficient (Wildman–Crippen LogP) is 3.86. The third-order valence-electron chi connectivity index (χ3n) is 6.60. The molecule has 2 aromatic carbocycles. The van der Waals surface area contributed by atoms with E-state index in [9.17, 15) is 22.4 Å². The van der Waals surface area contributed by atoms with Crippen LogP contribution in [-0.4, -0.2) is 56.7 Å². The molecule has 2 aliphatic heterocycles. The third kappa shape index (κ3) is 5.52. The number of ether oxygens (including phenoxy) is 1. The summed E-state index contributed by atoms with van der Waals surface area (Å²) in [5.74, 6) is -0.923. The fraction of sp³-hybridized carbons (Fsp3) is 0.480. The number of benzene rings is 2. The Hall–Kier alpha value is -2.65. The van der Waals surface area contributed by atoms with Gasteiger partial charge in [-0.2, -0.15) is 13.2 Å². The number of anilines is 1. The van der Waals surface area contributed by atoms with Gasteiger partial charge in [0, 0.05) is 52.1 Å². The van der Waals surface area contributed by atoms with Gasteiger partial charge in [-0.25, -0.2) is 4.39 Å². The van der Waals surface area contributed by atoms with Crippen LogP contribution in [0, 0.1) is 11.7 Å². The van der Waals surface area contributed by atoms with Crippen molar-refractivity contribution < 1.29 is 27.1 Å². The fourth-order valence-corrected chi connectivity index (χ4v) is 4.91. The highest BCUT2D eigenvalue weighted by atomic mass is 19.4. The lowest BCUT2D eigenvalue weighted by Crippen LogP contribution is -2.61. The molecule has 1 amide bonds. The number of rotatable bonds is 7. The van der Waals surface area contributed by atoms with E-state index in [1.165, 1.54) is 24.3 Å². The zero-order valence-electron chi connectivity index (χ0n) is 19.1. The summed E-state index contributed by atoms with van der Waals surface area (Å²) in [5, 5.41) is 2.94. The summed E-state index contributed by atoms with van der Waals surface area (Å²) in [6, 6.07) is 10.0. The van der Waals surface area contributed by atoms with Crippen LogP contribution in [0.2, 0.25) is 0 Å². The number of carbonyl (C=O) groups is 1. The van der Waals surface area contributed by atoms with Crippen molar-refractivity contribution in [2.45, 2.75) is 31.6 Å². The highest BCUT2D eigenvalue weighted by Crippen LogP contribution is 2.39. The molecule has 184 valence electrons. The van der Waals surface area contributed by atoms with Gasteiger partial charge in [0.2, 0.25) is 5.91 Å². The second-order valence-corrected chi connectivity index (χ2v) is 8.91. The minimum absolute atomic E-state index is 0.155. The van der Waals surface area contributed by atoms with Crippen LogP contribution in [0.5, 0.6) is 0 Å². The summed E-state index contributed by atoms with van der Waals surface area (Å²) in [6.07, 6.45) is -3.52. The maximum absolute atomic E-state index is 13.3. The van der Waals surface area contributed by atoms with Crippen LogP contribution in [-0.2, 0) is 28.7 Å². The van der Waals surface area contributed by atoms with E-state index >= 15 is 0 Å². The Morgan fingerprint density at radius 3 is 2.62 bits per heavy atom. The molecule has 0 aromatic heterocycles. The SMILES string of the molecule is COCCCNC(=O)[C@H]1Cc2cc(C(F)(F)F)ccc2N2CCN(Cc3ccc(F)cc3)C[C@@H]12. The molecule has 2 atom stereocenters. The number of halogens is 4. The van der Waals surface area contributed by atoms with Crippen LogP contribution in [0.1, 0.15) is 23.1 Å². The molecule has 0 saturated carbocycles. The first-order valence-corrected chi connectivity index (χ1v) is 11.5. The second kappa shape index (κ2) is 10.3. The average Bonchev–Trinajstić information content (AvgIpc) is 2.81. The lowest BCUT2D eigenvalue weighted by Gasteiger charge is -2.49. The van der Waals surface area contributed by atoms with Gasteiger partial charge in [-0.3, -0.25) is 9.69 Å². The number of amides is 1. The van der Waals surface area contributed by atoms with Crippen LogP contribution in [0.3, 0.4) is 0 Å². The molecule has 0 spiro atoms. The van der Waals surface area contributed by atoms with Crippen molar-refractivity contribution in [1.82, 2.24) is 10.2 Å². The molecule has 1 fully saturated rings. The molecular weight excluding hydrogens is 450 g/mol. The number of methoxy groups -OCH3 is 1. The van der Waals surface area contributed by atoms with Gasteiger partial charge < -0.3 is 15.0 Å². The van der Waals surface area contributed by atoms with Crippen LogP contribution in [0.25, 0.3) is 0 Å². The molecule has 5 nitrogen and oxygen atoms in total. The van der Waals surface area contributed by atoms with Crippen LogP contribution >= 0.6 is 0 Å². The zero-order valence-corrected chi connectivity index (χ0v) is 19.1. The van der Waals surface area contributed by atoms with Gasteiger partial charge in [-0.05, 0) is 54.3 Å². The molecule has 2 aromatic rings. The van der Waals surface area contributed by atoms with Crippen molar-refractivity contribution in [3.8, 4) is 0 Å². The average molecular weight is 480 g/mol. The van der Waals surface area contributed by atoms with Crippen molar-refractivity contribution in [1.29, 1.82) is 0 Å². The van der Waals surface area contributed by atoms with Gasteiger partial charge in [0.25, 0.3) is 0 Å². The van der Waals surface area contributed by atoms with Gasteiger partial charge in [0.05, 0.1) is 17.5 Å². The van der Waals surface area contributed by atoms with E-state index in [2.05, 4.69) is 15.1 Å². The van der Waals surface area contributed by atoms with Gasteiger partial charge in [-0.15, -0.1) is 0 Å². The van der Waals surface area contributed by atoms with Crippen molar-refractivity contribution in [3.63, 3.8) is 0 Å². The topological polar surface area (TPSA) is 44.8 Å². The predicted molar refractivity (Wildman–Crippen MR) is 121 cm³/mol. The molecule has 0 aliphatic carbocycles. The van der Waals surface area contributed by atoms with Crippen LogP contribution in [0.4, 0.5) is 23.2 Å². The Bertz CT molecular complexity index is 997. The number of carbonyl (C=O) groups excluding carboxylic acids is 1. The Morgan fingerprint density at radius 1 is 1.15 bits per heavy atom. The number of hydrogen-bond acceptors (Lipinski definition) is 4. The molecule has 4 rings (SSSR count). The smallest absolute Gasteiger partial charge is 0.385 e. The number of alkyl halides is 3. The number of nitrogens with one attached hydrogen (secondary N) is 1. The third-order valence-corrected chi connectivity index (χ3v) is 6.60. The fourth-order valence-electron chi connectivity index (χ4n) is 4.91. The lowest BCUT2D eigenvalue weighted by molar-refractivity contribution is -0.137. The molecule has 1 saturated heterocycles. The largest absolute Gasteiger partial charge is 0.416 e. The van der Waals surface area contributed by atoms with E-state index in [0.29, 0.717) is 51.3 Å². The molecule has 9 heteroatoms. The Morgan fingerprint density at radius 2 is 1.91 bits per heavy atom. The van der Waals surface area contributed by atoms with E-state index in [1.807, 2.05) is 0 Å². The first-order valence-electron chi connectivity index (χ1n) is 11.5. The first-order chi connectivity index (χ1) is 16.3. The summed E-state index contributed by atoms with van der Waals surface area (Å²) in [5.41, 5.74) is 1.60. The minimum atomic E-state index is -4.43. The standard InChI is InChI=1S/C25H29F4N3O2/c1-34-12-2-9-30-24(33)21-14-18-13-19(25(27,28)29)5-8-22(18)32-11-10-31(16-23(21)32)15-17-3-6-20(26)7-4-17/h3-8,13,21,23H,2,9-12,14-16H2,1H3,(H,30,33)/t21-,23-/m0/s1. The second-order valence-electron chi connectivity index (χ2n) is 8.91. The van der Waals surface area contributed by atoms with Gasteiger partial charge in [-0.1, -0.05) is 12.1 Å². The summed E-state index contributed by atoms with van der Waals surface area (Å²) >= 11 is 0. The number of fused-ring (bicyclic) bond motifs is 3. The number of nitrogens with zero attached hydrogens (tertiary/aromatic N) is 2. The van der Waals surface area contributed by atoms with Gasteiger partial charge >= 0.3 is 6.18 Å². The molecule has 0 unspecified atom stereocenters. The molecule has 2 heterocycles. The highest BCUT2D eigenvalue weighted by molar-refractivity contribution is 5.82. The Labute approximate surface area is 196 Å². The van der Waals surface area contributed by atoms with Crippen molar-refractivity contribution in [3.05, 3.63) is 65.0 Å². The van der Waals surface area contributed by atoms with Crippen molar-refractivity contribution in [2.75, 3.05) is 44.8 Å². The zero-order chi connectivity index (χ0) is 24.3. The molecule has 2 aliphatic rings. The minimum Gasteiger partial charge on any atom is -0.385 e. The van der Waals surface area contributed by atoms with E-state index in [1.54, 1.807) is 19.2 Å². The monoisotopic (exact) mass is 479 g/mol. The quantitative estimate of drug-likeness (QED) is 0.484. The summed E-state index contributed by atoms with van der Waals surface area (Å²) < 4.78 is 58.3.